The van der Waals surface area contributed by atoms with Crippen LogP contribution in [-0.4, -0.2) is 39.4 Å². The van der Waals surface area contributed by atoms with Crippen LogP contribution in [-0.2, 0) is 6.54 Å². The van der Waals surface area contributed by atoms with E-state index < -0.39 is 0 Å². The number of aliphatic hydroxyl groups excluding tert-OH is 2. The third-order valence-electron chi connectivity index (χ3n) is 1.66. The lowest BCUT2D eigenvalue weighted by molar-refractivity contribution is 0.170. The number of aromatic nitrogens is 2. The van der Waals surface area contributed by atoms with Crippen LogP contribution in [0.25, 0.3) is 0 Å². The Hall–Kier alpha value is -1.04. The zero-order valence-electron chi connectivity index (χ0n) is 7.22. The van der Waals surface area contributed by atoms with Gasteiger partial charge in [-0.2, -0.15) is 0 Å². The molecule has 0 bridgehead atoms. The first-order chi connectivity index (χ1) is 6.36. The van der Waals surface area contributed by atoms with Crippen LogP contribution >= 0.6 is 0 Å². The van der Waals surface area contributed by atoms with Crippen molar-refractivity contribution in [2.75, 3.05) is 13.2 Å². The highest BCUT2D eigenvalue weighted by atomic mass is 16.3. The first-order valence-electron chi connectivity index (χ1n) is 4.06. The summed E-state index contributed by atoms with van der Waals surface area (Å²) in [6.07, 6.45) is 3.11. The number of rotatable bonds is 5. The summed E-state index contributed by atoms with van der Waals surface area (Å²) < 4.78 is 0. The van der Waals surface area contributed by atoms with E-state index in [9.17, 15) is 0 Å². The molecular weight excluding hydrogens is 170 g/mol. The Balaban J connectivity index is 2.34. The van der Waals surface area contributed by atoms with Gasteiger partial charge in [0.25, 0.3) is 0 Å². The smallest absolute Gasteiger partial charge is 0.115 e. The largest absolute Gasteiger partial charge is 0.395 e. The number of nitrogens with one attached hydrogen (secondary N) is 1. The predicted octanol–water partition coefficient (Wildman–Crippen LogP) is -1.08. The highest BCUT2D eigenvalue weighted by Gasteiger charge is 2.03. The molecule has 0 spiro atoms. The van der Waals surface area contributed by atoms with E-state index in [0.717, 1.165) is 5.69 Å². The van der Waals surface area contributed by atoms with Crippen LogP contribution in [0, 0.1) is 0 Å². The molecule has 13 heavy (non-hydrogen) atoms. The SMILES string of the molecule is OCC(CO)NCc1ccncn1. The molecule has 1 rings (SSSR count). The second kappa shape index (κ2) is 5.58. The molecule has 1 aromatic rings. The van der Waals surface area contributed by atoms with Gasteiger partial charge in [-0.15, -0.1) is 0 Å². The zero-order valence-corrected chi connectivity index (χ0v) is 7.22. The van der Waals surface area contributed by atoms with Gasteiger partial charge in [0.15, 0.2) is 0 Å². The molecule has 5 nitrogen and oxygen atoms in total. The molecule has 0 unspecified atom stereocenters. The van der Waals surface area contributed by atoms with Crippen molar-refractivity contribution >= 4 is 0 Å². The van der Waals surface area contributed by atoms with Crippen LogP contribution in [0.5, 0.6) is 0 Å². The molecule has 0 fully saturated rings. The zero-order chi connectivity index (χ0) is 9.52. The Morgan fingerprint density at radius 2 is 2.15 bits per heavy atom. The Morgan fingerprint density at radius 1 is 1.38 bits per heavy atom. The fourth-order valence-electron chi connectivity index (χ4n) is 0.858. The van der Waals surface area contributed by atoms with Crippen LogP contribution in [0.2, 0.25) is 0 Å². The molecule has 1 heterocycles. The van der Waals surface area contributed by atoms with Gasteiger partial charge in [-0.05, 0) is 6.07 Å². The van der Waals surface area contributed by atoms with E-state index in [-0.39, 0.29) is 19.3 Å². The maximum absolute atomic E-state index is 8.75. The minimum Gasteiger partial charge on any atom is -0.395 e. The van der Waals surface area contributed by atoms with Gasteiger partial charge in [0.05, 0.1) is 24.9 Å². The second-order valence-electron chi connectivity index (χ2n) is 2.64. The van der Waals surface area contributed by atoms with E-state index >= 15 is 0 Å². The lowest BCUT2D eigenvalue weighted by atomic mass is 10.3. The summed E-state index contributed by atoms with van der Waals surface area (Å²) in [5.74, 6) is 0. The first-order valence-corrected chi connectivity index (χ1v) is 4.06. The van der Waals surface area contributed by atoms with Gasteiger partial charge in [-0.1, -0.05) is 0 Å². The summed E-state index contributed by atoms with van der Waals surface area (Å²) >= 11 is 0. The molecule has 0 aromatic carbocycles. The molecule has 0 saturated carbocycles. The normalized spacial score (nSPS) is 10.7. The third kappa shape index (κ3) is 3.45. The minimum atomic E-state index is -0.282. The maximum Gasteiger partial charge on any atom is 0.115 e. The van der Waals surface area contributed by atoms with Gasteiger partial charge in [-0.25, -0.2) is 9.97 Å². The Labute approximate surface area is 76.5 Å². The second-order valence-corrected chi connectivity index (χ2v) is 2.64. The molecule has 0 atom stereocenters. The van der Waals surface area contributed by atoms with Gasteiger partial charge in [0.1, 0.15) is 6.33 Å². The quantitative estimate of drug-likeness (QED) is 0.541. The van der Waals surface area contributed by atoms with Crippen LogP contribution in [0.1, 0.15) is 5.69 Å². The Kier molecular flexibility index (Phi) is 4.31. The van der Waals surface area contributed by atoms with Crippen molar-refractivity contribution in [3.63, 3.8) is 0 Å². The van der Waals surface area contributed by atoms with Crippen molar-refractivity contribution in [2.45, 2.75) is 12.6 Å². The lowest BCUT2D eigenvalue weighted by Crippen LogP contribution is -2.35. The topological polar surface area (TPSA) is 78.3 Å². The van der Waals surface area contributed by atoms with E-state index in [0.29, 0.717) is 6.54 Å². The molecule has 0 saturated heterocycles. The van der Waals surface area contributed by atoms with Crippen molar-refractivity contribution in [3.05, 3.63) is 24.3 Å². The summed E-state index contributed by atoms with van der Waals surface area (Å²) in [6, 6.07) is 1.49. The molecule has 72 valence electrons. The van der Waals surface area contributed by atoms with Gasteiger partial charge < -0.3 is 15.5 Å². The van der Waals surface area contributed by atoms with Gasteiger partial charge in [0, 0.05) is 12.7 Å². The van der Waals surface area contributed by atoms with Crippen LogP contribution in [0.4, 0.5) is 0 Å². The Bertz CT molecular complexity index is 226. The van der Waals surface area contributed by atoms with E-state index in [1.807, 2.05) is 0 Å². The summed E-state index contributed by atoms with van der Waals surface area (Å²) in [5.41, 5.74) is 0.835. The summed E-state index contributed by atoms with van der Waals surface area (Å²) in [4.78, 5) is 7.76. The summed E-state index contributed by atoms with van der Waals surface area (Å²) in [7, 11) is 0. The van der Waals surface area contributed by atoms with Crippen LogP contribution < -0.4 is 5.32 Å². The number of aliphatic hydroxyl groups is 2. The molecule has 0 aliphatic carbocycles. The van der Waals surface area contributed by atoms with E-state index in [1.54, 1.807) is 12.3 Å². The summed E-state index contributed by atoms with van der Waals surface area (Å²) in [5, 5.41) is 20.4. The van der Waals surface area contributed by atoms with Gasteiger partial charge in [-0.3, -0.25) is 0 Å². The van der Waals surface area contributed by atoms with Crippen LogP contribution in [0.3, 0.4) is 0 Å². The van der Waals surface area contributed by atoms with Crippen molar-refractivity contribution < 1.29 is 10.2 Å². The fraction of sp³-hybridized carbons (Fsp3) is 0.500. The predicted molar refractivity (Wildman–Crippen MR) is 46.8 cm³/mol. The molecule has 3 N–H and O–H groups in total. The first kappa shape index (κ1) is 10.0. The molecule has 0 radical (unpaired) electrons. The van der Waals surface area contributed by atoms with Crippen LogP contribution in [0.15, 0.2) is 18.6 Å². The van der Waals surface area contributed by atoms with E-state index in [2.05, 4.69) is 15.3 Å². The molecule has 0 aliphatic heterocycles. The Morgan fingerprint density at radius 3 is 2.69 bits per heavy atom. The van der Waals surface area contributed by atoms with Crippen molar-refractivity contribution in [3.8, 4) is 0 Å². The van der Waals surface area contributed by atoms with Crippen molar-refractivity contribution in [2.24, 2.45) is 0 Å². The molecule has 0 amide bonds. The average Bonchev–Trinajstić information content (AvgIpc) is 2.21. The van der Waals surface area contributed by atoms with Crippen molar-refractivity contribution in [1.82, 2.24) is 15.3 Å². The molecular formula is C8H13N3O2. The van der Waals surface area contributed by atoms with Gasteiger partial charge >= 0.3 is 0 Å². The number of hydrogen-bond acceptors (Lipinski definition) is 5. The molecule has 0 aliphatic rings. The van der Waals surface area contributed by atoms with E-state index in [4.69, 9.17) is 10.2 Å². The standard InChI is InChI=1S/C8H13N3O2/c12-4-8(5-13)10-3-7-1-2-9-6-11-7/h1-2,6,8,10,12-13H,3-5H2. The number of nitrogens with zero attached hydrogens (tertiary/aromatic N) is 2. The fourth-order valence-corrected chi connectivity index (χ4v) is 0.858. The highest BCUT2D eigenvalue weighted by molar-refractivity contribution is 4.97. The van der Waals surface area contributed by atoms with Crippen molar-refractivity contribution in [1.29, 1.82) is 0 Å². The maximum atomic E-state index is 8.75. The minimum absolute atomic E-state index is 0.0818. The third-order valence-corrected chi connectivity index (χ3v) is 1.66. The van der Waals surface area contributed by atoms with Gasteiger partial charge in [0.2, 0.25) is 0 Å². The number of hydrogen-bond donors (Lipinski definition) is 3. The molecule has 1 aromatic heterocycles. The molecule has 5 heteroatoms. The lowest BCUT2D eigenvalue weighted by Gasteiger charge is -2.12. The highest BCUT2D eigenvalue weighted by Crippen LogP contribution is 1.91. The average molecular weight is 183 g/mol. The summed E-state index contributed by atoms with van der Waals surface area (Å²) in [6.45, 7) is 0.359. The monoisotopic (exact) mass is 183 g/mol. The van der Waals surface area contributed by atoms with E-state index in [1.165, 1.54) is 6.33 Å².